The third kappa shape index (κ3) is 3.21. The minimum absolute atomic E-state index is 0.344. The van der Waals surface area contributed by atoms with Gasteiger partial charge in [0.25, 0.3) is 0 Å². The van der Waals surface area contributed by atoms with Gasteiger partial charge < -0.3 is 10.4 Å². The molecule has 4 nitrogen and oxygen atoms in total. The Labute approximate surface area is 113 Å². The van der Waals surface area contributed by atoms with Crippen molar-refractivity contribution in [2.24, 2.45) is 0 Å². The van der Waals surface area contributed by atoms with E-state index < -0.39 is 5.97 Å². The summed E-state index contributed by atoms with van der Waals surface area (Å²) in [6.45, 7) is 0.619. The molecule has 2 aromatic rings. The molecule has 0 radical (unpaired) electrons. The highest BCUT2D eigenvalue weighted by Crippen LogP contribution is 2.19. The highest BCUT2D eigenvalue weighted by Gasteiger charge is 2.08. The summed E-state index contributed by atoms with van der Waals surface area (Å²) in [5.41, 5.74) is 1.15. The fourth-order valence-electron chi connectivity index (χ4n) is 1.59. The van der Waals surface area contributed by atoms with Gasteiger partial charge in [-0.2, -0.15) is 0 Å². The van der Waals surface area contributed by atoms with E-state index in [9.17, 15) is 4.79 Å². The second-order valence-corrected chi connectivity index (χ2v) is 4.86. The molecule has 0 spiro atoms. The molecule has 0 aliphatic rings. The van der Waals surface area contributed by atoms with Crippen molar-refractivity contribution < 1.29 is 9.90 Å². The Balaban J connectivity index is 1.96. The predicted molar refractivity (Wildman–Crippen MR) is 72.7 cm³/mol. The van der Waals surface area contributed by atoms with Gasteiger partial charge in [0.2, 0.25) is 0 Å². The Morgan fingerprint density at radius 2 is 2.22 bits per heavy atom. The zero-order chi connectivity index (χ0) is 13.0. The molecular formula is C12H11ClN2O2S. The minimum Gasteiger partial charge on any atom is -0.478 e. The number of anilines is 1. The van der Waals surface area contributed by atoms with Gasteiger partial charge in [-0.15, -0.1) is 11.3 Å². The molecule has 0 saturated carbocycles. The number of nitrogens with one attached hydrogen (secondary N) is 1. The smallest absolute Gasteiger partial charge is 0.335 e. The third-order valence-electron chi connectivity index (χ3n) is 2.39. The second-order valence-electron chi connectivity index (χ2n) is 3.61. The summed E-state index contributed by atoms with van der Waals surface area (Å²) in [4.78, 5) is 15.1. The summed E-state index contributed by atoms with van der Waals surface area (Å²) in [6.07, 6.45) is 0.625. The monoisotopic (exact) mass is 282 g/mol. The molecule has 18 heavy (non-hydrogen) atoms. The lowest BCUT2D eigenvalue weighted by molar-refractivity contribution is 0.0696. The van der Waals surface area contributed by atoms with Gasteiger partial charge in [-0.1, -0.05) is 29.8 Å². The molecule has 0 saturated heterocycles. The van der Waals surface area contributed by atoms with Gasteiger partial charge in [-0.3, -0.25) is 0 Å². The Kier molecular flexibility index (Phi) is 4.17. The summed E-state index contributed by atoms with van der Waals surface area (Å²) in [6, 6.07) is 6.99. The summed E-state index contributed by atoms with van der Waals surface area (Å²) in [5.74, 6) is -0.900. The van der Waals surface area contributed by atoms with Crippen LogP contribution in [0.2, 0.25) is 5.15 Å². The minimum atomic E-state index is -0.900. The van der Waals surface area contributed by atoms with E-state index in [-0.39, 0.29) is 0 Å². The standard InChI is InChI=1S/C12H11ClN2O2S/c13-10-7-18-12(15-10)14-6-5-8-3-1-2-4-9(8)11(16)17/h1-4,7H,5-6H2,(H,14,15)(H,16,17). The average molecular weight is 283 g/mol. The molecule has 1 heterocycles. The number of nitrogens with zero attached hydrogens (tertiary/aromatic N) is 1. The van der Waals surface area contributed by atoms with Crippen LogP contribution in [0.5, 0.6) is 0 Å². The number of carboxylic acid groups (broad SMARTS) is 1. The van der Waals surface area contributed by atoms with Gasteiger partial charge in [0.15, 0.2) is 5.13 Å². The number of benzene rings is 1. The van der Waals surface area contributed by atoms with Crippen molar-refractivity contribution in [3.8, 4) is 0 Å². The fraction of sp³-hybridized carbons (Fsp3) is 0.167. The molecular weight excluding hydrogens is 272 g/mol. The lowest BCUT2D eigenvalue weighted by Crippen LogP contribution is -2.08. The highest BCUT2D eigenvalue weighted by atomic mass is 35.5. The van der Waals surface area contributed by atoms with Gasteiger partial charge in [0, 0.05) is 11.9 Å². The van der Waals surface area contributed by atoms with Crippen LogP contribution in [0.15, 0.2) is 29.6 Å². The molecule has 6 heteroatoms. The zero-order valence-electron chi connectivity index (χ0n) is 9.39. The van der Waals surface area contributed by atoms with Gasteiger partial charge in [0.1, 0.15) is 5.15 Å². The maximum Gasteiger partial charge on any atom is 0.335 e. The van der Waals surface area contributed by atoms with Crippen molar-refractivity contribution in [1.82, 2.24) is 4.98 Å². The van der Waals surface area contributed by atoms with E-state index in [1.165, 1.54) is 11.3 Å². The Bertz CT molecular complexity index is 557. The highest BCUT2D eigenvalue weighted by molar-refractivity contribution is 7.14. The fourth-order valence-corrected chi connectivity index (χ4v) is 2.45. The number of rotatable bonds is 5. The topological polar surface area (TPSA) is 62.2 Å². The molecule has 94 valence electrons. The first-order valence-electron chi connectivity index (χ1n) is 5.33. The summed E-state index contributed by atoms with van der Waals surface area (Å²) < 4.78 is 0. The molecule has 2 N–H and O–H groups in total. The van der Waals surface area contributed by atoms with Gasteiger partial charge in [-0.05, 0) is 18.1 Å². The third-order valence-corrected chi connectivity index (χ3v) is 3.52. The number of carboxylic acids is 1. The first kappa shape index (κ1) is 12.9. The number of hydrogen-bond donors (Lipinski definition) is 2. The number of aromatic carboxylic acids is 1. The summed E-state index contributed by atoms with van der Waals surface area (Å²) >= 11 is 7.13. The number of halogens is 1. The normalized spacial score (nSPS) is 10.3. The van der Waals surface area contributed by atoms with Gasteiger partial charge in [0.05, 0.1) is 5.56 Å². The van der Waals surface area contributed by atoms with Gasteiger partial charge in [-0.25, -0.2) is 9.78 Å². The van der Waals surface area contributed by atoms with Crippen molar-refractivity contribution in [3.63, 3.8) is 0 Å². The molecule has 0 aliphatic heterocycles. The molecule has 0 fully saturated rings. The Morgan fingerprint density at radius 3 is 2.89 bits per heavy atom. The largest absolute Gasteiger partial charge is 0.478 e. The maximum atomic E-state index is 11.0. The van der Waals surface area contributed by atoms with Crippen LogP contribution in [-0.2, 0) is 6.42 Å². The number of thiazole rings is 1. The quantitative estimate of drug-likeness (QED) is 0.884. The average Bonchev–Trinajstić information content (AvgIpc) is 2.75. The van der Waals surface area contributed by atoms with Crippen molar-refractivity contribution in [2.75, 3.05) is 11.9 Å². The molecule has 0 unspecified atom stereocenters. The summed E-state index contributed by atoms with van der Waals surface area (Å²) in [7, 11) is 0. The first-order chi connectivity index (χ1) is 8.66. The van der Waals surface area contributed by atoms with Crippen LogP contribution in [0, 0.1) is 0 Å². The van der Waals surface area contributed by atoms with Gasteiger partial charge >= 0.3 is 5.97 Å². The molecule has 0 atom stereocenters. The molecule has 0 amide bonds. The number of aromatic nitrogens is 1. The second kappa shape index (κ2) is 5.84. The summed E-state index contributed by atoms with van der Waals surface area (Å²) in [5, 5.41) is 15.1. The van der Waals surface area contributed by atoms with E-state index in [1.54, 1.807) is 17.5 Å². The van der Waals surface area contributed by atoms with E-state index in [4.69, 9.17) is 16.7 Å². The van der Waals surface area contributed by atoms with Crippen LogP contribution < -0.4 is 5.32 Å². The van der Waals surface area contributed by atoms with Crippen LogP contribution in [-0.4, -0.2) is 22.6 Å². The molecule has 1 aromatic heterocycles. The molecule has 0 bridgehead atoms. The van der Waals surface area contributed by atoms with E-state index in [0.29, 0.717) is 23.7 Å². The van der Waals surface area contributed by atoms with Crippen LogP contribution >= 0.6 is 22.9 Å². The number of carbonyl (C=O) groups is 1. The van der Waals surface area contributed by atoms with Crippen molar-refractivity contribution in [3.05, 3.63) is 45.9 Å². The van der Waals surface area contributed by atoms with Crippen molar-refractivity contribution in [1.29, 1.82) is 0 Å². The maximum absolute atomic E-state index is 11.0. The lowest BCUT2D eigenvalue weighted by Gasteiger charge is -2.06. The van der Waals surface area contributed by atoms with Crippen molar-refractivity contribution >= 4 is 34.0 Å². The van der Waals surface area contributed by atoms with Crippen molar-refractivity contribution in [2.45, 2.75) is 6.42 Å². The van der Waals surface area contributed by atoms with E-state index in [2.05, 4.69) is 10.3 Å². The predicted octanol–water partition coefficient (Wildman–Crippen LogP) is 3.15. The van der Waals surface area contributed by atoms with Crippen LogP contribution in [0.25, 0.3) is 0 Å². The Hall–Kier alpha value is -1.59. The molecule has 1 aromatic carbocycles. The SMILES string of the molecule is O=C(O)c1ccccc1CCNc1nc(Cl)cs1. The number of hydrogen-bond acceptors (Lipinski definition) is 4. The van der Waals surface area contributed by atoms with Crippen LogP contribution in [0.1, 0.15) is 15.9 Å². The lowest BCUT2D eigenvalue weighted by atomic mass is 10.1. The van der Waals surface area contributed by atoms with E-state index in [0.717, 1.165) is 10.7 Å². The molecule has 2 rings (SSSR count). The van der Waals surface area contributed by atoms with E-state index >= 15 is 0 Å². The zero-order valence-corrected chi connectivity index (χ0v) is 11.0. The Morgan fingerprint density at radius 1 is 1.44 bits per heavy atom. The van der Waals surface area contributed by atoms with Crippen LogP contribution in [0.4, 0.5) is 5.13 Å². The first-order valence-corrected chi connectivity index (χ1v) is 6.58. The van der Waals surface area contributed by atoms with E-state index in [1.807, 2.05) is 12.1 Å². The van der Waals surface area contributed by atoms with Crippen LogP contribution in [0.3, 0.4) is 0 Å². The molecule has 0 aliphatic carbocycles.